The molecular formula is C19H28N2O2S. The van der Waals surface area contributed by atoms with Gasteiger partial charge in [-0.15, -0.1) is 11.8 Å². The van der Waals surface area contributed by atoms with Crippen molar-refractivity contribution in [3.8, 4) is 0 Å². The molecule has 0 radical (unpaired) electrons. The Labute approximate surface area is 149 Å². The molecule has 1 saturated heterocycles. The van der Waals surface area contributed by atoms with Crippen molar-refractivity contribution in [3.05, 3.63) is 29.8 Å². The van der Waals surface area contributed by atoms with Crippen LogP contribution in [-0.4, -0.2) is 53.0 Å². The Morgan fingerprint density at radius 2 is 1.62 bits per heavy atom. The first-order valence-corrected chi connectivity index (χ1v) is 9.73. The number of piperazine rings is 1. The summed E-state index contributed by atoms with van der Waals surface area (Å²) >= 11 is 1.80. The van der Waals surface area contributed by atoms with E-state index in [-0.39, 0.29) is 11.8 Å². The first-order chi connectivity index (χ1) is 11.5. The Morgan fingerprint density at radius 1 is 1.04 bits per heavy atom. The van der Waals surface area contributed by atoms with Crippen LogP contribution in [0.5, 0.6) is 0 Å². The molecule has 1 aromatic rings. The van der Waals surface area contributed by atoms with Gasteiger partial charge in [-0.3, -0.25) is 9.59 Å². The Kier molecular flexibility index (Phi) is 7.16. The molecule has 0 aromatic heterocycles. The zero-order valence-electron chi connectivity index (χ0n) is 15.0. The van der Waals surface area contributed by atoms with Gasteiger partial charge in [-0.25, -0.2) is 0 Å². The summed E-state index contributed by atoms with van der Waals surface area (Å²) in [4.78, 5) is 29.6. The molecule has 2 amide bonds. The average molecular weight is 349 g/mol. The number of unbranched alkanes of at least 4 members (excludes halogenated alkanes) is 1. The molecule has 1 heterocycles. The largest absolute Gasteiger partial charge is 0.339 e. The van der Waals surface area contributed by atoms with E-state index in [4.69, 9.17) is 0 Å². The number of hydrogen-bond acceptors (Lipinski definition) is 3. The molecule has 1 aliphatic heterocycles. The number of nitrogens with zero attached hydrogens (tertiary/aromatic N) is 2. The first kappa shape index (κ1) is 18.8. The van der Waals surface area contributed by atoms with Crippen LogP contribution in [0.2, 0.25) is 0 Å². The maximum Gasteiger partial charge on any atom is 0.253 e. The molecule has 5 heteroatoms. The van der Waals surface area contributed by atoms with Gasteiger partial charge in [-0.2, -0.15) is 0 Å². The minimum absolute atomic E-state index is 0.0664. The topological polar surface area (TPSA) is 40.6 Å². The van der Waals surface area contributed by atoms with E-state index in [0.29, 0.717) is 37.8 Å². The molecule has 0 aliphatic carbocycles. The van der Waals surface area contributed by atoms with Crippen LogP contribution in [-0.2, 0) is 4.79 Å². The van der Waals surface area contributed by atoms with Crippen molar-refractivity contribution in [2.24, 2.45) is 0 Å². The molecule has 0 spiro atoms. The van der Waals surface area contributed by atoms with E-state index >= 15 is 0 Å². The lowest BCUT2D eigenvalue weighted by Gasteiger charge is -2.35. The Balaban J connectivity index is 1.87. The van der Waals surface area contributed by atoms with Crippen molar-refractivity contribution >= 4 is 23.6 Å². The number of thioether (sulfide) groups is 1. The summed E-state index contributed by atoms with van der Waals surface area (Å²) in [6.45, 7) is 8.95. The zero-order valence-corrected chi connectivity index (χ0v) is 15.8. The second kappa shape index (κ2) is 9.11. The Hall–Kier alpha value is -1.49. The van der Waals surface area contributed by atoms with Crippen LogP contribution in [0.4, 0.5) is 0 Å². The van der Waals surface area contributed by atoms with Gasteiger partial charge in [0, 0.05) is 48.3 Å². The van der Waals surface area contributed by atoms with Gasteiger partial charge in [-0.1, -0.05) is 27.2 Å². The van der Waals surface area contributed by atoms with E-state index in [0.717, 1.165) is 18.4 Å². The van der Waals surface area contributed by atoms with E-state index in [1.807, 2.05) is 34.1 Å². The van der Waals surface area contributed by atoms with Gasteiger partial charge in [0.15, 0.2) is 0 Å². The van der Waals surface area contributed by atoms with Crippen LogP contribution in [0.1, 0.15) is 50.4 Å². The smallest absolute Gasteiger partial charge is 0.253 e. The van der Waals surface area contributed by atoms with Crippen molar-refractivity contribution in [3.63, 3.8) is 0 Å². The fraction of sp³-hybridized carbons (Fsp3) is 0.579. The third kappa shape index (κ3) is 5.26. The molecule has 0 bridgehead atoms. The maximum absolute atomic E-state index is 12.6. The van der Waals surface area contributed by atoms with Gasteiger partial charge in [0.2, 0.25) is 5.91 Å². The summed E-state index contributed by atoms with van der Waals surface area (Å²) in [5, 5.41) is 0.532. The van der Waals surface area contributed by atoms with E-state index < -0.39 is 0 Å². The average Bonchev–Trinajstić information content (AvgIpc) is 2.59. The monoisotopic (exact) mass is 348 g/mol. The van der Waals surface area contributed by atoms with Crippen LogP contribution < -0.4 is 0 Å². The molecule has 0 saturated carbocycles. The number of hydrogen-bond donors (Lipinski definition) is 0. The second-order valence-corrected chi connectivity index (χ2v) is 8.12. The van der Waals surface area contributed by atoms with Crippen LogP contribution in [0.15, 0.2) is 29.2 Å². The number of benzene rings is 1. The fourth-order valence-electron chi connectivity index (χ4n) is 2.78. The molecule has 0 unspecified atom stereocenters. The molecule has 1 fully saturated rings. The number of amides is 2. The summed E-state index contributed by atoms with van der Waals surface area (Å²) in [6, 6.07) is 7.85. The van der Waals surface area contributed by atoms with Crippen molar-refractivity contribution in [2.45, 2.75) is 50.2 Å². The van der Waals surface area contributed by atoms with Crippen molar-refractivity contribution in [1.29, 1.82) is 0 Å². The van der Waals surface area contributed by atoms with Crippen molar-refractivity contribution in [2.75, 3.05) is 26.2 Å². The second-order valence-electron chi connectivity index (χ2n) is 6.47. The molecule has 0 N–H and O–H groups in total. The van der Waals surface area contributed by atoms with Crippen LogP contribution in [0, 0.1) is 0 Å². The first-order valence-electron chi connectivity index (χ1n) is 8.85. The predicted octanol–water partition coefficient (Wildman–Crippen LogP) is 3.66. The highest BCUT2D eigenvalue weighted by Crippen LogP contribution is 2.23. The molecule has 1 aromatic carbocycles. The van der Waals surface area contributed by atoms with Crippen molar-refractivity contribution < 1.29 is 9.59 Å². The molecular weight excluding hydrogens is 320 g/mol. The van der Waals surface area contributed by atoms with Gasteiger partial charge < -0.3 is 9.80 Å². The number of rotatable bonds is 6. The third-order valence-corrected chi connectivity index (χ3v) is 5.15. The lowest BCUT2D eigenvalue weighted by molar-refractivity contribution is -0.132. The normalized spacial score (nSPS) is 15.0. The minimum Gasteiger partial charge on any atom is -0.339 e. The molecule has 4 nitrogen and oxygen atoms in total. The van der Waals surface area contributed by atoms with Gasteiger partial charge in [0.1, 0.15) is 0 Å². The van der Waals surface area contributed by atoms with Gasteiger partial charge in [0.25, 0.3) is 5.91 Å². The van der Waals surface area contributed by atoms with E-state index in [1.54, 1.807) is 11.8 Å². The highest BCUT2D eigenvalue weighted by atomic mass is 32.2. The van der Waals surface area contributed by atoms with Crippen LogP contribution >= 0.6 is 11.8 Å². The SMILES string of the molecule is CCCCC(=O)N1CCN(C(=O)c2ccc(SC(C)C)cc2)CC1. The summed E-state index contributed by atoms with van der Waals surface area (Å²) < 4.78 is 0. The molecule has 1 aliphatic rings. The van der Waals surface area contributed by atoms with Gasteiger partial charge >= 0.3 is 0 Å². The summed E-state index contributed by atoms with van der Waals surface area (Å²) in [5.41, 5.74) is 0.730. The molecule has 24 heavy (non-hydrogen) atoms. The Bertz CT molecular complexity index is 549. The molecule has 0 atom stereocenters. The predicted molar refractivity (Wildman–Crippen MR) is 99.4 cm³/mol. The molecule has 2 rings (SSSR count). The summed E-state index contributed by atoms with van der Waals surface area (Å²) in [5.74, 6) is 0.288. The summed E-state index contributed by atoms with van der Waals surface area (Å²) in [6.07, 6.45) is 2.60. The van der Waals surface area contributed by atoms with E-state index in [2.05, 4.69) is 20.8 Å². The standard InChI is InChI=1S/C19H28N2O2S/c1-4-5-6-18(22)20-11-13-21(14-12-20)19(23)16-7-9-17(10-8-16)24-15(2)3/h7-10,15H,4-6,11-14H2,1-3H3. The highest BCUT2D eigenvalue weighted by Gasteiger charge is 2.24. The van der Waals surface area contributed by atoms with Gasteiger partial charge in [0.05, 0.1) is 0 Å². The van der Waals surface area contributed by atoms with Crippen LogP contribution in [0.25, 0.3) is 0 Å². The lowest BCUT2D eigenvalue weighted by atomic mass is 10.1. The van der Waals surface area contributed by atoms with E-state index in [1.165, 1.54) is 4.90 Å². The number of carbonyl (C=O) groups is 2. The Morgan fingerprint density at radius 3 is 2.17 bits per heavy atom. The summed E-state index contributed by atoms with van der Waals surface area (Å²) in [7, 11) is 0. The van der Waals surface area contributed by atoms with Crippen molar-refractivity contribution in [1.82, 2.24) is 9.80 Å². The zero-order chi connectivity index (χ0) is 17.5. The maximum atomic E-state index is 12.6. The molecule has 132 valence electrons. The van der Waals surface area contributed by atoms with Gasteiger partial charge in [-0.05, 0) is 30.7 Å². The number of carbonyl (C=O) groups excluding carboxylic acids is 2. The fourth-order valence-corrected chi connectivity index (χ4v) is 3.61. The quantitative estimate of drug-likeness (QED) is 0.737. The lowest BCUT2D eigenvalue weighted by Crippen LogP contribution is -2.50. The highest BCUT2D eigenvalue weighted by molar-refractivity contribution is 7.99. The van der Waals surface area contributed by atoms with E-state index in [9.17, 15) is 9.59 Å². The third-order valence-electron chi connectivity index (χ3n) is 4.14. The minimum atomic E-state index is 0.0664. The van der Waals surface area contributed by atoms with Crippen LogP contribution in [0.3, 0.4) is 0 Å².